The minimum Gasteiger partial charge on any atom is -0.508 e. The van der Waals surface area contributed by atoms with Gasteiger partial charge in [-0.2, -0.15) is 0 Å². The Bertz CT molecular complexity index is 697. The third-order valence-corrected chi connectivity index (χ3v) is 4.22. The van der Waals surface area contributed by atoms with E-state index in [1.54, 1.807) is 12.1 Å². The highest BCUT2D eigenvalue weighted by Gasteiger charge is 2.20. The zero-order valence-electron chi connectivity index (χ0n) is 12.5. The highest BCUT2D eigenvalue weighted by Crippen LogP contribution is 2.24. The fraction of sp³-hybridized carbons (Fsp3) is 0.278. The highest BCUT2D eigenvalue weighted by molar-refractivity contribution is 5.77. The van der Waals surface area contributed by atoms with Crippen molar-refractivity contribution in [1.29, 1.82) is 0 Å². The number of nitrogens with two attached hydrogens (primary N) is 1. The second kappa shape index (κ2) is 6.10. The zero-order valence-corrected chi connectivity index (χ0v) is 12.5. The molecule has 0 fully saturated rings. The number of amides is 1. The Balaban J connectivity index is 1.63. The fourth-order valence-electron chi connectivity index (χ4n) is 2.92. The smallest absolute Gasteiger partial charge is 0.223 e. The van der Waals surface area contributed by atoms with Gasteiger partial charge in [-0.05, 0) is 47.7 Å². The van der Waals surface area contributed by atoms with Crippen molar-refractivity contribution in [1.82, 2.24) is 4.90 Å². The minimum absolute atomic E-state index is 0.136. The summed E-state index contributed by atoms with van der Waals surface area (Å²) in [6.07, 6.45) is 1.96. The van der Waals surface area contributed by atoms with Crippen LogP contribution in [-0.2, 0) is 24.2 Å². The van der Waals surface area contributed by atoms with Crippen molar-refractivity contribution < 1.29 is 9.90 Å². The number of hydrogen-bond donors (Lipinski definition) is 2. The minimum atomic E-state index is 0.136. The lowest BCUT2D eigenvalue weighted by atomic mass is 9.99. The number of anilines is 1. The van der Waals surface area contributed by atoms with Gasteiger partial charge in [0.15, 0.2) is 0 Å². The molecule has 0 unspecified atom stereocenters. The topological polar surface area (TPSA) is 66.6 Å². The molecule has 2 aromatic rings. The van der Waals surface area contributed by atoms with E-state index in [9.17, 15) is 9.90 Å². The molecule has 0 aromatic heterocycles. The lowest BCUT2D eigenvalue weighted by Gasteiger charge is -2.29. The van der Waals surface area contributed by atoms with Crippen molar-refractivity contribution in [3.8, 4) is 5.75 Å². The molecule has 114 valence electrons. The van der Waals surface area contributed by atoms with E-state index in [4.69, 9.17) is 5.73 Å². The number of carbonyl (C=O) groups excluding carboxylic acids is 1. The molecular formula is C18H20N2O2. The van der Waals surface area contributed by atoms with E-state index in [1.807, 2.05) is 35.2 Å². The maximum Gasteiger partial charge on any atom is 0.223 e. The number of aryl methyl sites for hydroxylation is 1. The van der Waals surface area contributed by atoms with Gasteiger partial charge >= 0.3 is 0 Å². The largest absolute Gasteiger partial charge is 0.508 e. The number of nitrogens with zero attached hydrogens (tertiary/aromatic N) is 1. The Morgan fingerprint density at radius 2 is 2.00 bits per heavy atom. The van der Waals surface area contributed by atoms with Crippen molar-refractivity contribution in [3.05, 3.63) is 59.2 Å². The van der Waals surface area contributed by atoms with Crippen molar-refractivity contribution in [3.63, 3.8) is 0 Å². The third-order valence-electron chi connectivity index (χ3n) is 4.22. The first-order valence-corrected chi connectivity index (χ1v) is 7.55. The maximum atomic E-state index is 12.4. The van der Waals surface area contributed by atoms with Crippen molar-refractivity contribution in [2.24, 2.45) is 0 Å². The Labute approximate surface area is 130 Å². The molecule has 3 rings (SSSR count). The van der Waals surface area contributed by atoms with E-state index in [0.29, 0.717) is 19.4 Å². The van der Waals surface area contributed by atoms with Crippen LogP contribution >= 0.6 is 0 Å². The van der Waals surface area contributed by atoms with Gasteiger partial charge in [0.1, 0.15) is 5.75 Å². The Hall–Kier alpha value is -2.49. The number of aromatic hydroxyl groups is 1. The number of phenolic OH excluding ortho intramolecular Hbond substituents is 1. The molecule has 22 heavy (non-hydrogen) atoms. The van der Waals surface area contributed by atoms with Crippen LogP contribution < -0.4 is 5.73 Å². The molecule has 0 saturated heterocycles. The van der Waals surface area contributed by atoms with Crippen LogP contribution in [0.5, 0.6) is 5.75 Å². The molecule has 0 atom stereocenters. The Morgan fingerprint density at radius 3 is 2.82 bits per heavy atom. The first kappa shape index (κ1) is 14.4. The highest BCUT2D eigenvalue weighted by atomic mass is 16.3. The van der Waals surface area contributed by atoms with Crippen LogP contribution in [0.4, 0.5) is 5.69 Å². The van der Waals surface area contributed by atoms with Gasteiger partial charge in [-0.15, -0.1) is 0 Å². The van der Waals surface area contributed by atoms with E-state index < -0.39 is 0 Å². The quantitative estimate of drug-likeness (QED) is 0.855. The average molecular weight is 296 g/mol. The average Bonchev–Trinajstić information content (AvgIpc) is 2.53. The normalized spacial score (nSPS) is 13.7. The predicted molar refractivity (Wildman–Crippen MR) is 86.4 cm³/mol. The van der Waals surface area contributed by atoms with Crippen LogP contribution in [0, 0.1) is 0 Å². The molecule has 0 aliphatic carbocycles. The molecule has 1 amide bonds. The number of para-hydroxylation sites is 1. The van der Waals surface area contributed by atoms with Crippen LogP contribution in [0.3, 0.4) is 0 Å². The summed E-state index contributed by atoms with van der Waals surface area (Å²) >= 11 is 0. The van der Waals surface area contributed by atoms with Crippen molar-refractivity contribution >= 4 is 11.6 Å². The lowest BCUT2D eigenvalue weighted by Crippen LogP contribution is -2.36. The van der Waals surface area contributed by atoms with E-state index in [0.717, 1.165) is 29.8 Å². The molecule has 2 aromatic carbocycles. The number of benzene rings is 2. The summed E-state index contributed by atoms with van der Waals surface area (Å²) in [4.78, 5) is 14.3. The molecule has 0 radical (unpaired) electrons. The molecule has 1 aliphatic rings. The lowest BCUT2D eigenvalue weighted by molar-refractivity contribution is -0.132. The SMILES string of the molecule is Nc1ccccc1CCC(=O)N1CCc2ccc(O)cc2C1. The number of rotatable bonds is 3. The molecule has 1 aliphatic heterocycles. The number of fused-ring (bicyclic) bond motifs is 1. The van der Waals surface area contributed by atoms with Gasteiger partial charge in [0.2, 0.25) is 5.91 Å². The van der Waals surface area contributed by atoms with Gasteiger partial charge in [-0.25, -0.2) is 0 Å². The third kappa shape index (κ3) is 3.06. The number of phenols is 1. The van der Waals surface area contributed by atoms with Crippen LogP contribution in [0.1, 0.15) is 23.1 Å². The zero-order chi connectivity index (χ0) is 15.5. The Morgan fingerprint density at radius 1 is 1.18 bits per heavy atom. The van der Waals surface area contributed by atoms with E-state index in [-0.39, 0.29) is 11.7 Å². The first-order valence-electron chi connectivity index (χ1n) is 7.55. The van der Waals surface area contributed by atoms with E-state index in [1.165, 1.54) is 5.56 Å². The summed E-state index contributed by atoms with van der Waals surface area (Å²) < 4.78 is 0. The summed E-state index contributed by atoms with van der Waals surface area (Å²) in [6, 6.07) is 13.1. The second-order valence-electron chi connectivity index (χ2n) is 5.72. The van der Waals surface area contributed by atoms with Crippen LogP contribution in [0.25, 0.3) is 0 Å². The van der Waals surface area contributed by atoms with Gasteiger partial charge in [-0.1, -0.05) is 24.3 Å². The Kier molecular flexibility index (Phi) is 4.00. The van der Waals surface area contributed by atoms with Gasteiger partial charge in [0.05, 0.1) is 0 Å². The van der Waals surface area contributed by atoms with Gasteiger partial charge in [0, 0.05) is 25.2 Å². The number of hydrogen-bond acceptors (Lipinski definition) is 3. The number of nitrogen functional groups attached to an aromatic ring is 1. The van der Waals surface area contributed by atoms with Gasteiger partial charge < -0.3 is 15.7 Å². The molecule has 4 heteroatoms. The summed E-state index contributed by atoms with van der Waals surface area (Å²) in [6.45, 7) is 1.31. The summed E-state index contributed by atoms with van der Waals surface area (Å²) in [5.74, 6) is 0.391. The molecule has 3 N–H and O–H groups in total. The maximum absolute atomic E-state index is 12.4. The van der Waals surface area contributed by atoms with Crippen LogP contribution in [-0.4, -0.2) is 22.5 Å². The summed E-state index contributed by atoms with van der Waals surface area (Å²) in [7, 11) is 0. The molecule has 0 saturated carbocycles. The summed E-state index contributed by atoms with van der Waals surface area (Å²) in [5, 5.41) is 9.58. The van der Waals surface area contributed by atoms with Crippen LogP contribution in [0.2, 0.25) is 0 Å². The van der Waals surface area contributed by atoms with E-state index in [2.05, 4.69) is 0 Å². The second-order valence-corrected chi connectivity index (χ2v) is 5.72. The van der Waals surface area contributed by atoms with Crippen LogP contribution in [0.15, 0.2) is 42.5 Å². The molecule has 4 nitrogen and oxygen atoms in total. The molecule has 1 heterocycles. The molecular weight excluding hydrogens is 276 g/mol. The van der Waals surface area contributed by atoms with Crippen molar-refractivity contribution in [2.75, 3.05) is 12.3 Å². The van der Waals surface area contributed by atoms with Gasteiger partial charge in [-0.3, -0.25) is 4.79 Å². The standard InChI is InChI=1S/C18H20N2O2/c19-17-4-2-1-3-14(17)6-8-18(22)20-10-9-13-5-7-16(21)11-15(13)12-20/h1-5,7,11,21H,6,8-10,12,19H2. The first-order chi connectivity index (χ1) is 10.6. The van der Waals surface area contributed by atoms with E-state index >= 15 is 0 Å². The molecule has 0 spiro atoms. The fourth-order valence-corrected chi connectivity index (χ4v) is 2.92. The predicted octanol–water partition coefficient (Wildman–Crippen LogP) is 2.49. The van der Waals surface area contributed by atoms with Gasteiger partial charge in [0.25, 0.3) is 0 Å². The summed E-state index contributed by atoms with van der Waals surface area (Å²) in [5.41, 5.74) is 9.93. The van der Waals surface area contributed by atoms with Crippen molar-refractivity contribution in [2.45, 2.75) is 25.8 Å². The number of carbonyl (C=O) groups is 1. The molecule has 0 bridgehead atoms. The monoisotopic (exact) mass is 296 g/mol.